The molecule has 2 aromatic heterocycles. The highest BCUT2D eigenvalue weighted by Gasteiger charge is 2.20. The largest absolute Gasteiger partial charge is 0.462 e. The van der Waals surface area contributed by atoms with Gasteiger partial charge in [0.05, 0.1) is 17.9 Å². The lowest BCUT2D eigenvalue weighted by Crippen LogP contribution is -2.31. The normalized spacial score (nSPS) is 10.7. The standard InChI is InChI=1S/C23H28N4O2S2/c1-6-29-22(28)19-13-18(12-17-10-8-7-9-11-17)31-21(19)24-23(30)26(4)14-20-15(2)25-27(5)16(20)3/h7-11,13H,6,12,14H2,1-5H3,(H,24,30). The van der Waals surface area contributed by atoms with Crippen LogP contribution in [0.4, 0.5) is 5.00 Å². The third-order valence-corrected chi connectivity index (χ3v) is 6.59. The van der Waals surface area contributed by atoms with Crippen LogP contribution in [0.15, 0.2) is 36.4 Å². The van der Waals surface area contributed by atoms with Gasteiger partial charge in [-0.25, -0.2) is 4.79 Å². The van der Waals surface area contributed by atoms with Crippen LogP contribution in [0.1, 0.15) is 44.7 Å². The number of aromatic nitrogens is 2. The number of carbonyl (C=O) groups is 1. The van der Waals surface area contributed by atoms with E-state index in [0.29, 0.717) is 28.8 Å². The maximum Gasteiger partial charge on any atom is 0.341 e. The molecule has 8 heteroatoms. The molecule has 31 heavy (non-hydrogen) atoms. The molecular weight excluding hydrogens is 428 g/mol. The quantitative estimate of drug-likeness (QED) is 0.411. The van der Waals surface area contributed by atoms with Gasteiger partial charge in [-0.05, 0) is 44.6 Å². The zero-order valence-electron chi connectivity index (χ0n) is 18.6. The molecule has 0 aliphatic carbocycles. The summed E-state index contributed by atoms with van der Waals surface area (Å²) in [6, 6.07) is 12.1. The maximum absolute atomic E-state index is 12.5. The third-order valence-electron chi connectivity index (χ3n) is 5.12. The molecule has 0 unspecified atom stereocenters. The highest BCUT2D eigenvalue weighted by molar-refractivity contribution is 7.80. The molecule has 0 amide bonds. The van der Waals surface area contributed by atoms with Gasteiger partial charge in [0.15, 0.2) is 5.11 Å². The van der Waals surface area contributed by atoms with E-state index < -0.39 is 0 Å². The van der Waals surface area contributed by atoms with Crippen molar-refractivity contribution in [3.8, 4) is 0 Å². The monoisotopic (exact) mass is 456 g/mol. The molecular formula is C23H28N4O2S2. The minimum absolute atomic E-state index is 0.325. The number of hydrogen-bond acceptors (Lipinski definition) is 5. The summed E-state index contributed by atoms with van der Waals surface area (Å²) >= 11 is 7.17. The zero-order chi connectivity index (χ0) is 22.5. The molecule has 6 nitrogen and oxygen atoms in total. The van der Waals surface area contributed by atoms with Crippen molar-refractivity contribution in [2.24, 2.45) is 7.05 Å². The first-order chi connectivity index (χ1) is 14.8. The second-order valence-electron chi connectivity index (χ2n) is 7.40. The number of ether oxygens (including phenoxy) is 1. The van der Waals surface area contributed by atoms with Crippen LogP contribution >= 0.6 is 23.6 Å². The topological polar surface area (TPSA) is 59.4 Å². The first kappa shape index (κ1) is 23.0. The Kier molecular flexibility index (Phi) is 7.46. The summed E-state index contributed by atoms with van der Waals surface area (Å²) in [5, 5.41) is 9.00. The molecule has 0 aliphatic heterocycles. The number of thiocarbonyl (C=S) groups is 1. The van der Waals surface area contributed by atoms with E-state index in [0.717, 1.165) is 28.2 Å². The number of nitrogens with zero attached hydrogens (tertiary/aromatic N) is 3. The molecule has 0 aliphatic rings. The predicted molar refractivity (Wildman–Crippen MR) is 130 cm³/mol. The first-order valence-corrected chi connectivity index (χ1v) is 11.4. The SMILES string of the molecule is CCOC(=O)c1cc(Cc2ccccc2)sc1NC(=S)N(C)Cc1c(C)nn(C)c1C. The van der Waals surface area contributed by atoms with Crippen LogP contribution in [-0.2, 0) is 24.8 Å². The van der Waals surface area contributed by atoms with Gasteiger partial charge in [0.2, 0.25) is 0 Å². The summed E-state index contributed by atoms with van der Waals surface area (Å²) < 4.78 is 7.14. The van der Waals surface area contributed by atoms with E-state index in [1.165, 1.54) is 16.9 Å². The van der Waals surface area contributed by atoms with Gasteiger partial charge in [0.1, 0.15) is 5.00 Å². The van der Waals surface area contributed by atoms with Gasteiger partial charge < -0.3 is 15.0 Å². The number of benzene rings is 1. The Balaban J connectivity index is 1.79. The number of rotatable bonds is 7. The van der Waals surface area contributed by atoms with Crippen LogP contribution in [0.2, 0.25) is 0 Å². The Morgan fingerprint density at radius 3 is 2.61 bits per heavy atom. The molecule has 0 fully saturated rings. The molecule has 2 heterocycles. The van der Waals surface area contributed by atoms with Crippen molar-refractivity contribution in [3.05, 3.63) is 69.4 Å². The second-order valence-corrected chi connectivity index (χ2v) is 8.92. The number of hydrogen-bond donors (Lipinski definition) is 1. The lowest BCUT2D eigenvalue weighted by Gasteiger charge is -2.21. The lowest BCUT2D eigenvalue weighted by molar-refractivity contribution is 0.0528. The molecule has 0 saturated carbocycles. The number of carbonyl (C=O) groups excluding carboxylic acids is 1. The molecule has 3 rings (SSSR count). The van der Waals surface area contributed by atoms with Gasteiger partial charge in [-0.2, -0.15) is 5.10 Å². The summed E-state index contributed by atoms with van der Waals surface area (Å²) in [4.78, 5) is 15.6. The Bertz CT molecular complexity index is 1070. The van der Waals surface area contributed by atoms with E-state index in [9.17, 15) is 4.79 Å². The van der Waals surface area contributed by atoms with Crippen LogP contribution in [0, 0.1) is 13.8 Å². The summed E-state index contributed by atoms with van der Waals surface area (Å²) in [6.07, 6.45) is 0.746. The van der Waals surface area contributed by atoms with Gasteiger partial charge in [-0.3, -0.25) is 4.68 Å². The maximum atomic E-state index is 12.5. The highest BCUT2D eigenvalue weighted by atomic mass is 32.1. The van der Waals surface area contributed by atoms with E-state index in [2.05, 4.69) is 22.5 Å². The van der Waals surface area contributed by atoms with Crippen molar-refractivity contribution in [2.45, 2.75) is 33.7 Å². The van der Waals surface area contributed by atoms with Crippen molar-refractivity contribution < 1.29 is 9.53 Å². The minimum Gasteiger partial charge on any atom is -0.462 e. The fraction of sp³-hybridized carbons (Fsp3) is 0.348. The van der Waals surface area contributed by atoms with Crippen molar-refractivity contribution >= 4 is 39.6 Å². The fourth-order valence-corrected chi connectivity index (χ4v) is 4.64. The predicted octanol–water partition coefficient (Wildman–Crippen LogP) is 4.69. The van der Waals surface area contributed by atoms with Crippen LogP contribution in [0.3, 0.4) is 0 Å². The van der Waals surface area contributed by atoms with E-state index in [-0.39, 0.29) is 5.97 Å². The Morgan fingerprint density at radius 2 is 2.00 bits per heavy atom. The van der Waals surface area contributed by atoms with Crippen LogP contribution in [-0.4, -0.2) is 39.4 Å². The summed E-state index contributed by atoms with van der Waals surface area (Å²) in [7, 11) is 3.87. The molecule has 0 saturated heterocycles. The Hall–Kier alpha value is -2.71. The molecule has 0 bridgehead atoms. The van der Waals surface area contributed by atoms with Crippen molar-refractivity contribution in [2.75, 3.05) is 19.0 Å². The van der Waals surface area contributed by atoms with Crippen LogP contribution in [0.5, 0.6) is 0 Å². The molecule has 1 aromatic carbocycles. The average Bonchev–Trinajstić information content (AvgIpc) is 3.24. The van der Waals surface area contributed by atoms with Gasteiger partial charge in [-0.15, -0.1) is 11.3 Å². The van der Waals surface area contributed by atoms with Crippen LogP contribution in [0.25, 0.3) is 0 Å². The van der Waals surface area contributed by atoms with Gasteiger partial charge in [-0.1, -0.05) is 30.3 Å². The number of anilines is 1. The lowest BCUT2D eigenvalue weighted by atomic mass is 10.1. The number of nitrogens with one attached hydrogen (secondary N) is 1. The van der Waals surface area contributed by atoms with Gasteiger partial charge in [0, 0.05) is 43.2 Å². The smallest absolute Gasteiger partial charge is 0.341 e. The van der Waals surface area contributed by atoms with Crippen LogP contribution < -0.4 is 5.32 Å². The van der Waals surface area contributed by atoms with Crippen molar-refractivity contribution in [1.29, 1.82) is 0 Å². The molecule has 0 radical (unpaired) electrons. The highest BCUT2D eigenvalue weighted by Crippen LogP contribution is 2.31. The fourth-order valence-electron chi connectivity index (χ4n) is 3.33. The minimum atomic E-state index is -0.343. The second kappa shape index (κ2) is 10.1. The summed E-state index contributed by atoms with van der Waals surface area (Å²) in [5.74, 6) is -0.343. The zero-order valence-corrected chi connectivity index (χ0v) is 20.2. The Morgan fingerprint density at radius 1 is 1.29 bits per heavy atom. The molecule has 1 N–H and O–H groups in total. The number of thiophene rings is 1. The number of aryl methyl sites for hydroxylation is 2. The summed E-state index contributed by atoms with van der Waals surface area (Å²) in [5.41, 5.74) is 4.95. The third kappa shape index (κ3) is 5.51. The first-order valence-electron chi connectivity index (χ1n) is 10.1. The van der Waals surface area contributed by atoms with Crippen molar-refractivity contribution in [1.82, 2.24) is 14.7 Å². The van der Waals surface area contributed by atoms with E-state index in [1.54, 1.807) is 6.92 Å². The molecule has 0 atom stereocenters. The molecule has 164 valence electrons. The van der Waals surface area contributed by atoms with Gasteiger partial charge in [0.25, 0.3) is 0 Å². The molecule has 0 spiro atoms. The van der Waals surface area contributed by atoms with E-state index in [1.807, 2.05) is 61.8 Å². The van der Waals surface area contributed by atoms with E-state index >= 15 is 0 Å². The molecule has 3 aromatic rings. The number of esters is 1. The van der Waals surface area contributed by atoms with Gasteiger partial charge >= 0.3 is 5.97 Å². The average molecular weight is 457 g/mol. The van der Waals surface area contributed by atoms with Crippen molar-refractivity contribution in [3.63, 3.8) is 0 Å². The van der Waals surface area contributed by atoms with E-state index in [4.69, 9.17) is 17.0 Å². The summed E-state index contributed by atoms with van der Waals surface area (Å²) in [6.45, 7) is 6.81. The Labute approximate surface area is 192 Å².